The van der Waals surface area contributed by atoms with Crippen molar-refractivity contribution in [2.75, 3.05) is 26.3 Å². The van der Waals surface area contributed by atoms with E-state index in [2.05, 4.69) is 0 Å². The minimum Gasteiger partial charge on any atom is -0.444 e. The summed E-state index contributed by atoms with van der Waals surface area (Å²) < 4.78 is 10.8. The van der Waals surface area contributed by atoms with E-state index in [0.29, 0.717) is 31.9 Å². The van der Waals surface area contributed by atoms with E-state index in [-0.39, 0.29) is 22.7 Å². The second-order valence-corrected chi connectivity index (χ2v) is 6.34. The highest BCUT2D eigenvalue weighted by Gasteiger charge is 2.31. The third kappa shape index (κ3) is 4.17. The maximum absolute atomic E-state index is 13.0. The number of carbonyl (C=O) groups is 2. The van der Waals surface area contributed by atoms with Crippen LogP contribution in [-0.2, 0) is 14.3 Å². The topological polar surface area (TPSA) is 99.0 Å². The molecular weight excluding hydrogens is 364 g/mol. The molecule has 0 unspecified atom stereocenters. The summed E-state index contributed by atoms with van der Waals surface area (Å²) in [6.07, 6.45) is -1.13. The highest BCUT2D eigenvalue weighted by atomic mass is 16.6. The summed E-state index contributed by atoms with van der Waals surface area (Å²) in [4.78, 5) is 38.0. The number of hydrogen-bond donors (Lipinski definition) is 0. The van der Waals surface area contributed by atoms with Gasteiger partial charge in [0.2, 0.25) is 6.10 Å². The molecule has 8 heteroatoms. The normalized spacial score (nSPS) is 15.0. The molecule has 0 aromatic heterocycles. The van der Waals surface area contributed by atoms with Crippen LogP contribution in [-0.4, -0.2) is 48.0 Å². The molecule has 1 heterocycles. The van der Waals surface area contributed by atoms with Gasteiger partial charge in [-0.15, -0.1) is 0 Å². The first-order valence-corrected chi connectivity index (χ1v) is 8.85. The average Bonchev–Trinajstić information content (AvgIpc) is 2.72. The SMILES string of the molecule is Cc1c(C(=O)O[C@@H](C(=O)N2CCOCC2)c2ccccc2)cccc1[N+](=O)[O-]. The van der Waals surface area contributed by atoms with Gasteiger partial charge in [0, 0.05) is 30.3 Å². The van der Waals surface area contributed by atoms with E-state index in [1.165, 1.54) is 25.1 Å². The van der Waals surface area contributed by atoms with Crippen molar-refractivity contribution in [2.24, 2.45) is 0 Å². The van der Waals surface area contributed by atoms with Crippen molar-refractivity contribution in [3.63, 3.8) is 0 Å². The average molecular weight is 384 g/mol. The summed E-state index contributed by atoms with van der Waals surface area (Å²) in [5, 5.41) is 11.1. The van der Waals surface area contributed by atoms with Crippen molar-refractivity contribution in [2.45, 2.75) is 13.0 Å². The lowest BCUT2D eigenvalue weighted by Crippen LogP contribution is -2.44. The van der Waals surface area contributed by atoms with E-state index in [9.17, 15) is 19.7 Å². The summed E-state index contributed by atoms with van der Waals surface area (Å²) in [5.74, 6) is -1.12. The predicted octanol–water partition coefficient (Wildman–Crippen LogP) is 2.66. The molecule has 1 saturated heterocycles. The van der Waals surface area contributed by atoms with Crippen LogP contribution >= 0.6 is 0 Å². The molecule has 146 valence electrons. The largest absolute Gasteiger partial charge is 0.444 e. The van der Waals surface area contributed by atoms with Gasteiger partial charge in [-0.3, -0.25) is 14.9 Å². The van der Waals surface area contributed by atoms with Crippen LogP contribution in [0.3, 0.4) is 0 Å². The van der Waals surface area contributed by atoms with E-state index in [4.69, 9.17) is 9.47 Å². The van der Waals surface area contributed by atoms with Crippen LogP contribution in [0.5, 0.6) is 0 Å². The van der Waals surface area contributed by atoms with Crippen LogP contribution < -0.4 is 0 Å². The Balaban J connectivity index is 1.89. The molecule has 1 fully saturated rings. The molecule has 0 radical (unpaired) electrons. The second-order valence-electron chi connectivity index (χ2n) is 6.34. The van der Waals surface area contributed by atoms with Crippen LogP contribution in [0.25, 0.3) is 0 Å². The van der Waals surface area contributed by atoms with Gasteiger partial charge in [-0.1, -0.05) is 36.4 Å². The van der Waals surface area contributed by atoms with Crippen molar-refractivity contribution in [3.8, 4) is 0 Å². The number of nitro groups is 1. The number of rotatable bonds is 5. The van der Waals surface area contributed by atoms with Gasteiger partial charge in [0.15, 0.2) is 0 Å². The Morgan fingerprint density at radius 1 is 1.11 bits per heavy atom. The minimum atomic E-state index is -1.13. The van der Waals surface area contributed by atoms with Crippen LogP contribution in [0.1, 0.15) is 27.6 Å². The van der Waals surface area contributed by atoms with Crippen LogP contribution in [0.4, 0.5) is 5.69 Å². The molecule has 2 aromatic rings. The Bertz CT molecular complexity index is 878. The summed E-state index contributed by atoms with van der Waals surface area (Å²) in [7, 11) is 0. The molecule has 3 rings (SSSR count). The Hall–Kier alpha value is -3.26. The third-order valence-corrected chi connectivity index (χ3v) is 4.60. The number of esters is 1. The molecule has 2 aromatic carbocycles. The molecule has 1 amide bonds. The van der Waals surface area contributed by atoms with Gasteiger partial charge >= 0.3 is 5.97 Å². The van der Waals surface area contributed by atoms with Crippen molar-refractivity contribution in [1.29, 1.82) is 0 Å². The Morgan fingerprint density at radius 2 is 1.79 bits per heavy atom. The van der Waals surface area contributed by atoms with Gasteiger partial charge < -0.3 is 14.4 Å². The van der Waals surface area contributed by atoms with Gasteiger partial charge in [-0.05, 0) is 13.0 Å². The highest BCUT2D eigenvalue weighted by molar-refractivity contribution is 5.94. The Kier molecular flexibility index (Phi) is 6.00. The maximum Gasteiger partial charge on any atom is 0.339 e. The van der Waals surface area contributed by atoms with Gasteiger partial charge in [-0.25, -0.2) is 4.79 Å². The number of morpholine rings is 1. The number of amides is 1. The number of benzene rings is 2. The molecule has 0 bridgehead atoms. The molecule has 0 spiro atoms. The molecule has 0 N–H and O–H groups in total. The van der Waals surface area contributed by atoms with E-state index < -0.39 is 17.0 Å². The first-order chi connectivity index (χ1) is 13.5. The van der Waals surface area contributed by atoms with E-state index in [0.717, 1.165) is 0 Å². The van der Waals surface area contributed by atoms with Crippen LogP contribution in [0.2, 0.25) is 0 Å². The first kappa shape index (κ1) is 19.5. The van der Waals surface area contributed by atoms with Gasteiger partial charge in [-0.2, -0.15) is 0 Å². The fourth-order valence-electron chi connectivity index (χ4n) is 3.05. The van der Waals surface area contributed by atoms with Gasteiger partial charge in [0.05, 0.1) is 23.7 Å². The van der Waals surface area contributed by atoms with E-state index in [1.807, 2.05) is 0 Å². The van der Waals surface area contributed by atoms with Gasteiger partial charge in [0.25, 0.3) is 11.6 Å². The zero-order valence-electron chi connectivity index (χ0n) is 15.4. The molecule has 8 nitrogen and oxygen atoms in total. The van der Waals surface area contributed by atoms with Crippen molar-refractivity contribution in [1.82, 2.24) is 4.90 Å². The number of nitrogens with zero attached hydrogens (tertiary/aromatic N) is 2. The standard InChI is InChI=1S/C20H20N2O6/c1-14-16(8-5-9-17(14)22(25)26)20(24)28-18(15-6-3-2-4-7-15)19(23)21-10-12-27-13-11-21/h2-9,18H,10-13H2,1H3/t18-/m1/s1. The summed E-state index contributed by atoms with van der Waals surface area (Å²) in [6.45, 7) is 3.15. The lowest BCUT2D eigenvalue weighted by molar-refractivity contribution is -0.385. The number of ether oxygens (including phenoxy) is 2. The molecule has 0 aliphatic carbocycles. The Morgan fingerprint density at radius 3 is 2.43 bits per heavy atom. The maximum atomic E-state index is 13.0. The lowest BCUT2D eigenvalue weighted by Gasteiger charge is -2.30. The van der Waals surface area contributed by atoms with E-state index in [1.54, 1.807) is 35.2 Å². The fourth-order valence-corrected chi connectivity index (χ4v) is 3.05. The van der Waals surface area contributed by atoms with Crippen molar-refractivity contribution >= 4 is 17.6 Å². The minimum absolute atomic E-state index is 0.0601. The molecule has 1 atom stereocenters. The van der Waals surface area contributed by atoms with Gasteiger partial charge in [0.1, 0.15) is 0 Å². The summed E-state index contributed by atoms with van der Waals surface area (Å²) in [5.41, 5.74) is 0.619. The number of hydrogen-bond acceptors (Lipinski definition) is 6. The quantitative estimate of drug-likeness (QED) is 0.446. The second kappa shape index (κ2) is 8.62. The van der Waals surface area contributed by atoms with Crippen LogP contribution in [0, 0.1) is 17.0 Å². The monoisotopic (exact) mass is 384 g/mol. The van der Waals surface area contributed by atoms with Crippen LogP contribution in [0.15, 0.2) is 48.5 Å². The molecule has 1 aliphatic rings. The van der Waals surface area contributed by atoms with E-state index >= 15 is 0 Å². The molecule has 1 aliphatic heterocycles. The first-order valence-electron chi connectivity index (χ1n) is 8.85. The number of nitro benzene ring substituents is 1. The molecule has 28 heavy (non-hydrogen) atoms. The Labute approximate surface area is 161 Å². The summed E-state index contributed by atoms with van der Waals surface area (Å²) >= 11 is 0. The predicted molar refractivity (Wildman–Crippen MR) is 99.8 cm³/mol. The van der Waals surface area contributed by atoms with Crippen molar-refractivity contribution < 1.29 is 24.0 Å². The fraction of sp³-hybridized carbons (Fsp3) is 0.300. The van der Waals surface area contributed by atoms with Crippen molar-refractivity contribution in [3.05, 3.63) is 75.3 Å². The third-order valence-electron chi connectivity index (χ3n) is 4.60. The molecule has 0 saturated carbocycles. The zero-order valence-corrected chi connectivity index (χ0v) is 15.4. The zero-order chi connectivity index (χ0) is 20.1. The molecular formula is C20H20N2O6. The number of carbonyl (C=O) groups excluding carboxylic acids is 2. The smallest absolute Gasteiger partial charge is 0.339 e. The lowest BCUT2D eigenvalue weighted by atomic mass is 10.1. The summed E-state index contributed by atoms with van der Waals surface area (Å²) in [6, 6.07) is 12.9. The highest BCUT2D eigenvalue weighted by Crippen LogP contribution is 2.26.